The number of carbonyl (C=O) groups is 1. The van der Waals surface area contributed by atoms with Crippen molar-refractivity contribution in [3.8, 4) is 10.7 Å². The average Bonchev–Trinajstić information content (AvgIpc) is 3.49. The molecule has 0 aromatic carbocycles. The lowest BCUT2D eigenvalue weighted by Gasteiger charge is -2.38. The number of hydrogen-bond donors (Lipinski definition) is 2. The highest BCUT2D eigenvalue weighted by Crippen LogP contribution is 2.34. The summed E-state index contributed by atoms with van der Waals surface area (Å²) in [6.45, 7) is 2.97. The zero-order valence-electron chi connectivity index (χ0n) is 19.3. The van der Waals surface area contributed by atoms with Crippen molar-refractivity contribution in [3.05, 3.63) is 23.5 Å². The Morgan fingerprint density at radius 3 is 2.75 bits per heavy atom. The number of alkyl halides is 2. The minimum atomic E-state index is -4.02. The van der Waals surface area contributed by atoms with E-state index in [0.29, 0.717) is 34.9 Å². The van der Waals surface area contributed by atoms with Gasteiger partial charge < -0.3 is 19.7 Å². The Morgan fingerprint density at radius 1 is 1.33 bits per heavy atom. The van der Waals surface area contributed by atoms with E-state index in [0.717, 1.165) is 0 Å². The number of fused-ring (bicyclic) bond motifs is 1. The first-order chi connectivity index (χ1) is 17.1. The Labute approximate surface area is 208 Å². The van der Waals surface area contributed by atoms with E-state index in [1.165, 1.54) is 29.9 Å². The van der Waals surface area contributed by atoms with Gasteiger partial charge in [-0.1, -0.05) is 11.3 Å². The third-order valence-corrected chi connectivity index (χ3v) is 8.44. The van der Waals surface area contributed by atoms with Gasteiger partial charge in [-0.15, -0.1) is 10.2 Å². The summed E-state index contributed by atoms with van der Waals surface area (Å²) in [5, 5.41) is 9.64. The predicted molar refractivity (Wildman–Crippen MR) is 125 cm³/mol. The first-order valence-corrected chi connectivity index (χ1v) is 13.2. The van der Waals surface area contributed by atoms with E-state index >= 15 is 0 Å². The van der Waals surface area contributed by atoms with E-state index < -0.39 is 33.1 Å². The summed E-state index contributed by atoms with van der Waals surface area (Å²) in [7, 11) is -2.52. The molecule has 0 aliphatic carbocycles. The largest absolute Gasteiger partial charge is 0.377 e. The number of pyridine rings is 1. The van der Waals surface area contributed by atoms with Gasteiger partial charge >= 0.3 is 0 Å². The molecule has 0 unspecified atom stereocenters. The third-order valence-electron chi connectivity index (χ3n) is 5.89. The maximum Gasteiger partial charge on any atom is 0.291 e. The monoisotopic (exact) mass is 543 g/mol. The van der Waals surface area contributed by atoms with E-state index in [1.807, 2.05) is 4.90 Å². The quantitative estimate of drug-likeness (QED) is 0.443. The van der Waals surface area contributed by atoms with E-state index in [4.69, 9.17) is 9.47 Å². The van der Waals surface area contributed by atoms with Crippen molar-refractivity contribution in [3.63, 3.8) is 0 Å². The van der Waals surface area contributed by atoms with Gasteiger partial charge in [-0.25, -0.2) is 26.9 Å². The van der Waals surface area contributed by atoms with E-state index in [-0.39, 0.29) is 42.2 Å². The van der Waals surface area contributed by atoms with Crippen molar-refractivity contribution in [2.45, 2.75) is 29.9 Å². The molecule has 2 fully saturated rings. The Morgan fingerprint density at radius 2 is 2.11 bits per heavy atom. The summed E-state index contributed by atoms with van der Waals surface area (Å²) in [4.78, 5) is 18.4. The number of likely N-dealkylation sites (N-methyl/N-ethyl adjacent to an activating group) is 1. The van der Waals surface area contributed by atoms with Crippen LogP contribution in [-0.2, 0) is 24.3 Å². The number of imidazole rings is 1. The molecule has 194 valence electrons. The summed E-state index contributed by atoms with van der Waals surface area (Å²) in [6.07, 6.45) is -0.756. The van der Waals surface area contributed by atoms with Gasteiger partial charge in [0.25, 0.3) is 12.3 Å². The number of carbonyl (C=O) groups excluding carboxylic acids is 1. The number of morpholine rings is 1. The predicted octanol–water partition coefficient (Wildman–Crippen LogP) is 0.809. The molecular weight excluding hydrogens is 520 g/mol. The number of rotatable bonds is 7. The number of amides is 1. The molecule has 0 saturated carbocycles. The number of nitrogens with one attached hydrogen (secondary N) is 2. The van der Waals surface area contributed by atoms with E-state index in [9.17, 15) is 22.0 Å². The van der Waals surface area contributed by atoms with Crippen LogP contribution in [0.5, 0.6) is 0 Å². The minimum absolute atomic E-state index is 0.0704. The Hall–Kier alpha value is -2.79. The lowest BCUT2D eigenvalue weighted by molar-refractivity contribution is -0.132. The maximum absolute atomic E-state index is 13.4. The lowest BCUT2D eigenvalue weighted by atomic mass is 10.0. The van der Waals surface area contributed by atoms with Gasteiger partial charge in [0, 0.05) is 19.8 Å². The molecule has 3 aromatic heterocycles. The summed E-state index contributed by atoms with van der Waals surface area (Å²) in [5.74, 6) is -0.309. The van der Waals surface area contributed by atoms with Crippen LogP contribution in [0.3, 0.4) is 0 Å². The number of nitrogens with zero attached hydrogens (tertiary/aromatic N) is 5. The Kier molecular flexibility index (Phi) is 6.40. The standard InChI is InChI=1S/C20H23F2N7O5S2/c1-20(9-33-10-20)27-36(31,32)11-5-12(28-3-4-34-14(8-28)17(30)23-2)16-24-6-13(29(16)7-11)18-25-26-19(35-18)15(21)22/h5-7,14-15,27H,3-4,8-10H2,1-2H3,(H,23,30)/t14-/m0/s1. The van der Waals surface area contributed by atoms with Gasteiger partial charge in [-0.2, -0.15) is 0 Å². The highest BCUT2D eigenvalue weighted by atomic mass is 32.2. The number of sulfonamides is 1. The van der Waals surface area contributed by atoms with Crippen LogP contribution in [0.15, 0.2) is 23.4 Å². The molecule has 0 radical (unpaired) electrons. The van der Waals surface area contributed by atoms with Crippen molar-refractivity contribution < 1.29 is 31.5 Å². The second-order valence-corrected chi connectivity index (χ2v) is 11.4. The van der Waals surface area contributed by atoms with E-state index in [1.54, 1.807) is 6.92 Å². The smallest absolute Gasteiger partial charge is 0.291 e. The normalized spacial score (nSPS) is 20.0. The fraction of sp³-hybridized carbons (Fsp3) is 0.500. The fourth-order valence-corrected chi connectivity index (χ4v) is 6.15. The van der Waals surface area contributed by atoms with Gasteiger partial charge in [0.15, 0.2) is 21.8 Å². The van der Waals surface area contributed by atoms with Crippen molar-refractivity contribution in [2.75, 3.05) is 44.9 Å². The molecule has 1 amide bonds. The molecule has 5 heterocycles. The summed E-state index contributed by atoms with van der Waals surface area (Å²) in [5.41, 5.74) is 0.367. The van der Waals surface area contributed by atoms with Gasteiger partial charge in [-0.05, 0) is 13.0 Å². The summed E-state index contributed by atoms with van der Waals surface area (Å²) < 4.78 is 67.9. The molecule has 36 heavy (non-hydrogen) atoms. The maximum atomic E-state index is 13.4. The van der Waals surface area contributed by atoms with Crippen LogP contribution in [0.1, 0.15) is 18.4 Å². The van der Waals surface area contributed by atoms with E-state index in [2.05, 4.69) is 25.2 Å². The topological polar surface area (TPSA) is 140 Å². The molecule has 16 heteroatoms. The molecule has 1 atom stereocenters. The average molecular weight is 544 g/mol. The zero-order chi connectivity index (χ0) is 25.7. The van der Waals surface area contributed by atoms with Gasteiger partial charge in [0.1, 0.15) is 10.6 Å². The highest BCUT2D eigenvalue weighted by Gasteiger charge is 2.38. The van der Waals surface area contributed by atoms with Crippen molar-refractivity contribution in [1.82, 2.24) is 29.6 Å². The van der Waals surface area contributed by atoms with Gasteiger partial charge in [0.2, 0.25) is 10.0 Å². The van der Waals surface area contributed by atoms with Gasteiger partial charge in [0.05, 0.1) is 43.8 Å². The third kappa shape index (κ3) is 4.54. The molecule has 0 spiro atoms. The lowest BCUT2D eigenvalue weighted by Crippen LogP contribution is -2.59. The highest BCUT2D eigenvalue weighted by molar-refractivity contribution is 7.89. The first kappa shape index (κ1) is 24.9. The molecule has 2 aliphatic rings. The molecule has 0 bridgehead atoms. The summed E-state index contributed by atoms with van der Waals surface area (Å²) >= 11 is 0.697. The number of hydrogen-bond acceptors (Lipinski definition) is 10. The van der Waals surface area contributed by atoms with Crippen LogP contribution in [0.25, 0.3) is 16.3 Å². The first-order valence-electron chi connectivity index (χ1n) is 10.9. The molecule has 2 aliphatic heterocycles. The van der Waals surface area contributed by atoms with Crippen LogP contribution < -0.4 is 14.9 Å². The molecule has 2 saturated heterocycles. The number of anilines is 1. The van der Waals surface area contributed by atoms with Crippen molar-refractivity contribution in [1.29, 1.82) is 0 Å². The second-order valence-electron chi connectivity index (χ2n) is 8.72. The van der Waals surface area contributed by atoms with Crippen LogP contribution >= 0.6 is 11.3 Å². The molecule has 3 aromatic rings. The van der Waals surface area contributed by atoms with Crippen molar-refractivity contribution >= 4 is 38.6 Å². The number of ether oxygens (including phenoxy) is 2. The van der Waals surface area contributed by atoms with Gasteiger partial charge in [-0.3, -0.25) is 9.20 Å². The minimum Gasteiger partial charge on any atom is -0.377 e. The van der Waals surface area contributed by atoms with Crippen LogP contribution in [0.4, 0.5) is 14.5 Å². The van der Waals surface area contributed by atoms with Crippen LogP contribution in [0, 0.1) is 0 Å². The fourth-order valence-electron chi connectivity index (χ4n) is 4.05. The Bertz CT molecular complexity index is 1410. The second kappa shape index (κ2) is 9.26. The molecular formula is C20H23F2N7O5S2. The molecule has 2 N–H and O–H groups in total. The van der Waals surface area contributed by atoms with Crippen LogP contribution in [-0.4, -0.2) is 85.5 Å². The van der Waals surface area contributed by atoms with Crippen molar-refractivity contribution in [2.24, 2.45) is 0 Å². The molecule has 5 rings (SSSR count). The zero-order valence-corrected chi connectivity index (χ0v) is 20.9. The van der Waals surface area contributed by atoms with Crippen LogP contribution in [0.2, 0.25) is 0 Å². The SMILES string of the molecule is CNC(=O)[C@@H]1CN(c2cc(S(=O)(=O)NC3(C)COC3)cn3c(-c4nnc(C(F)F)s4)cnc23)CCO1. The number of aromatic nitrogens is 4. The number of halogens is 2. The summed E-state index contributed by atoms with van der Waals surface area (Å²) in [6, 6.07) is 1.48. The molecule has 12 nitrogen and oxygen atoms in total. The Balaban J connectivity index is 1.63.